The van der Waals surface area contributed by atoms with E-state index in [1.807, 2.05) is 0 Å². The predicted molar refractivity (Wildman–Crippen MR) is 121 cm³/mol. The molecule has 2 atom stereocenters. The molecule has 2 unspecified atom stereocenters. The Kier molecular flexibility index (Phi) is 6.77. The molecule has 3 heteroatoms. The fourth-order valence-corrected chi connectivity index (χ4v) is 5.13. The zero-order valence-electron chi connectivity index (χ0n) is 18.3. The van der Waals surface area contributed by atoms with Crippen LogP contribution in [0, 0.1) is 6.92 Å². The van der Waals surface area contributed by atoms with E-state index >= 15 is 0 Å². The number of phenolic OH excluding ortho intramolecular Hbond substituents is 1. The van der Waals surface area contributed by atoms with Gasteiger partial charge in [0.05, 0.1) is 0 Å². The van der Waals surface area contributed by atoms with Crippen LogP contribution in [0.1, 0.15) is 63.3 Å². The maximum absolute atomic E-state index is 11.2. The van der Waals surface area contributed by atoms with Crippen LogP contribution in [-0.2, 0) is 17.1 Å². The first kappa shape index (κ1) is 21.9. The number of hydrogen-bond donors (Lipinski definition) is 1. The number of phenols is 1. The van der Waals surface area contributed by atoms with E-state index in [0.29, 0.717) is 14.3 Å². The Hall–Kier alpha value is -1.37. The SMILES string of the molecule is CCC(C)(Pc1ccccc1CN(C)C)c1cc(C)cc(C(C)(C)C)c1O. The third-order valence-corrected chi connectivity index (χ3v) is 7.21. The summed E-state index contributed by atoms with van der Waals surface area (Å²) >= 11 is 0. The molecule has 0 bridgehead atoms. The molecule has 0 aliphatic carbocycles. The summed E-state index contributed by atoms with van der Waals surface area (Å²) in [5, 5.41) is 12.5. The lowest BCUT2D eigenvalue weighted by Gasteiger charge is -2.33. The number of benzene rings is 2. The Morgan fingerprint density at radius 1 is 1.00 bits per heavy atom. The second-order valence-electron chi connectivity index (χ2n) is 9.16. The number of aryl methyl sites for hydroxylation is 1. The molecular formula is C24H36NOP. The van der Waals surface area contributed by atoms with Gasteiger partial charge in [0.1, 0.15) is 5.75 Å². The van der Waals surface area contributed by atoms with Gasteiger partial charge in [0.2, 0.25) is 0 Å². The van der Waals surface area contributed by atoms with Crippen LogP contribution in [0.2, 0.25) is 0 Å². The standard InChI is InChI=1S/C24H36NOP/c1-9-24(6,27-21-13-11-10-12-18(21)16-25(7)8)20-15-17(2)14-19(22(20)26)23(3,4)5/h10-15,26-27H,9,16H2,1-8H3. The molecule has 0 radical (unpaired) electrons. The third-order valence-electron chi connectivity index (χ3n) is 5.28. The zero-order chi connectivity index (χ0) is 20.4. The van der Waals surface area contributed by atoms with Gasteiger partial charge in [-0.3, -0.25) is 0 Å². The van der Waals surface area contributed by atoms with Crippen molar-refractivity contribution < 1.29 is 5.11 Å². The molecule has 0 aromatic heterocycles. The van der Waals surface area contributed by atoms with Crippen molar-refractivity contribution in [2.45, 2.75) is 65.1 Å². The molecule has 0 saturated heterocycles. The summed E-state index contributed by atoms with van der Waals surface area (Å²) in [6.45, 7) is 14.1. The highest BCUT2D eigenvalue weighted by Crippen LogP contribution is 2.50. The summed E-state index contributed by atoms with van der Waals surface area (Å²) in [5.74, 6) is 0.482. The maximum atomic E-state index is 11.2. The van der Waals surface area contributed by atoms with Gasteiger partial charge in [0.25, 0.3) is 0 Å². The lowest BCUT2D eigenvalue weighted by Crippen LogP contribution is -2.23. The van der Waals surface area contributed by atoms with E-state index in [1.54, 1.807) is 0 Å². The molecule has 2 nitrogen and oxygen atoms in total. The van der Waals surface area contributed by atoms with Crippen LogP contribution in [0.4, 0.5) is 0 Å². The average Bonchev–Trinajstić information content (AvgIpc) is 2.57. The van der Waals surface area contributed by atoms with Crippen molar-refractivity contribution in [2.75, 3.05) is 14.1 Å². The molecule has 0 aliphatic rings. The fourth-order valence-electron chi connectivity index (χ4n) is 3.54. The summed E-state index contributed by atoms with van der Waals surface area (Å²) in [6, 6.07) is 13.1. The van der Waals surface area contributed by atoms with Crippen LogP contribution in [0.3, 0.4) is 0 Å². The van der Waals surface area contributed by atoms with Gasteiger partial charge in [-0.1, -0.05) is 85.2 Å². The van der Waals surface area contributed by atoms with E-state index in [0.717, 1.165) is 24.1 Å². The fraction of sp³-hybridized carbons (Fsp3) is 0.500. The highest BCUT2D eigenvalue weighted by molar-refractivity contribution is 7.48. The summed E-state index contributed by atoms with van der Waals surface area (Å²) in [7, 11) is 4.83. The van der Waals surface area contributed by atoms with Crippen LogP contribution in [0.15, 0.2) is 36.4 Å². The molecule has 0 saturated carbocycles. The number of nitrogens with zero attached hydrogens (tertiary/aromatic N) is 1. The molecule has 0 aliphatic heterocycles. The Balaban J connectivity index is 2.55. The lowest BCUT2D eigenvalue weighted by atomic mass is 9.82. The molecule has 27 heavy (non-hydrogen) atoms. The molecule has 0 spiro atoms. The van der Waals surface area contributed by atoms with Gasteiger partial charge in [0.15, 0.2) is 0 Å². The topological polar surface area (TPSA) is 23.5 Å². The van der Waals surface area contributed by atoms with E-state index in [1.165, 1.54) is 16.4 Å². The van der Waals surface area contributed by atoms with Gasteiger partial charge in [-0.2, -0.15) is 0 Å². The van der Waals surface area contributed by atoms with Crippen LogP contribution in [-0.4, -0.2) is 24.1 Å². The monoisotopic (exact) mass is 385 g/mol. The minimum atomic E-state index is -0.0848. The molecular weight excluding hydrogens is 349 g/mol. The van der Waals surface area contributed by atoms with Gasteiger partial charge in [-0.15, -0.1) is 0 Å². The van der Waals surface area contributed by atoms with E-state index in [-0.39, 0.29) is 10.6 Å². The molecule has 2 rings (SSSR count). The van der Waals surface area contributed by atoms with Crippen molar-refractivity contribution >= 4 is 13.9 Å². The number of rotatable bonds is 6. The van der Waals surface area contributed by atoms with Crippen LogP contribution >= 0.6 is 8.58 Å². The molecule has 0 amide bonds. The van der Waals surface area contributed by atoms with Gasteiger partial charge < -0.3 is 10.0 Å². The van der Waals surface area contributed by atoms with Crippen molar-refractivity contribution in [3.8, 4) is 5.75 Å². The number of hydrogen-bond acceptors (Lipinski definition) is 2. The van der Waals surface area contributed by atoms with Crippen molar-refractivity contribution in [3.05, 3.63) is 58.7 Å². The minimum absolute atomic E-state index is 0.0779. The van der Waals surface area contributed by atoms with Gasteiger partial charge in [-0.05, 0) is 49.3 Å². The highest BCUT2D eigenvalue weighted by Gasteiger charge is 2.32. The molecule has 0 fully saturated rings. The Labute approximate surface area is 167 Å². The highest BCUT2D eigenvalue weighted by atomic mass is 31.1. The van der Waals surface area contributed by atoms with Crippen molar-refractivity contribution in [1.82, 2.24) is 4.90 Å². The average molecular weight is 386 g/mol. The zero-order valence-corrected chi connectivity index (χ0v) is 19.3. The molecule has 1 N–H and O–H groups in total. The second kappa shape index (κ2) is 8.33. The first-order valence-electron chi connectivity index (χ1n) is 9.83. The largest absolute Gasteiger partial charge is 0.507 e. The molecule has 148 valence electrons. The Bertz CT molecular complexity index is 791. The predicted octanol–water partition coefficient (Wildman–Crippen LogP) is 5.69. The summed E-state index contributed by atoms with van der Waals surface area (Å²) in [4.78, 5) is 2.22. The summed E-state index contributed by atoms with van der Waals surface area (Å²) < 4.78 is 0. The van der Waals surface area contributed by atoms with Gasteiger partial charge in [-0.25, -0.2) is 0 Å². The van der Waals surface area contributed by atoms with E-state index in [4.69, 9.17) is 0 Å². The lowest BCUT2D eigenvalue weighted by molar-refractivity contribution is 0.403. The maximum Gasteiger partial charge on any atom is 0.123 e. The van der Waals surface area contributed by atoms with Crippen molar-refractivity contribution in [3.63, 3.8) is 0 Å². The van der Waals surface area contributed by atoms with E-state index < -0.39 is 0 Å². The molecule has 2 aromatic carbocycles. The second-order valence-corrected chi connectivity index (χ2v) is 11.1. The third kappa shape index (κ3) is 5.12. The van der Waals surface area contributed by atoms with Gasteiger partial charge >= 0.3 is 0 Å². The normalized spacial score (nSPS) is 14.9. The van der Waals surface area contributed by atoms with E-state index in [2.05, 4.69) is 96.9 Å². The van der Waals surface area contributed by atoms with Crippen molar-refractivity contribution in [1.29, 1.82) is 0 Å². The Morgan fingerprint density at radius 2 is 1.59 bits per heavy atom. The Morgan fingerprint density at radius 3 is 2.15 bits per heavy atom. The van der Waals surface area contributed by atoms with Crippen LogP contribution < -0.4 is 5.30 Å². The quantitative estimate of drug-likeness (QED) is 0.646. The van der Waals surface area contributed by atoms with Gasteiger partial charge in [0, 0.05) is 17.3 Å². The minimum Gasteiger partial charge on any atom is -0.507 e. The first-order chi connectivity index (χ1) is 12.5. The summed E-state index contributed by atoms with van der Waals surface area (Å²) in [6.07, 6.45) is 0.988. The summed E-state index contributed by atoms with van der Waals surface area (Å²) in [5.41, 5.74) is 4.66. The van der Waals surface area contributed by atoms with E-state index in [9.17, 15) is 5.11 Å². The number of aromatic hydroxyl groups is 1. The van der Waals surface area contributed by atoms with Crippen LogP contribution in [0.25, 0.3) is 0 Å². The van der Waals surface area contributed by atoms with Crippen molar-refractivity contribution in [2.24, 2.45) is 0 Å². The first-order valence-corrected chi connectivity index (χ1v) is 10.8. The van der Waals surface area contributed by atoms with Crippen LogP contribution in [0.5, 0.6) is 5.75 Å². The molecule has 0 heterocycles. The smallest absolute Gasteiger partial charge is 0.123 e. The molecule has 2 aromatic rings.